The molecule has 1 aromatic heterocycles. The van der Waals surface area contributed by atoms with E-state index in [9.17, 15) is 13.2 Å². The van der Waals surface area contributed by atoms with Crippen molar-refractivity contribution in [2.24, 2.45) is 0 Å². The molecule has 0 radical (unpaired) electrons. The second kappa shape index (κ2) is 5.93. The van der Waals surface area contributed by atoms with Crippen molar-refractivity contribution in [1.29, 1.82) is 0 Å². The van der Waals surface area contributed by atoms with E-state index < -0.39 is 12.6 Å². The van der Waals surface area contributed by atoms with Crippen LogP contribution in [-0.2, 0) is 6.54 Å². The number of aromatic nitrogens is 2. The van der Waals surface area contributed by atoms with E-state index in [2.05, 4.69) is 10.4 Å². The fraction of sp³-hybridized carbons (Fsp3) is 0.727. The molecule has 17 heavy (non-hydrogen) atoms. The lowest BCUT2D eigenvalue weighted by Crippen LogP contribution is -2.17. The van der Waals surface area contributed by atoms with Gasteiger partial charge in [0, 0.05) is 31.3 Å². The van der Waals surface area contributed by atoms with Gasteiger partial charge in [-0.1, -0.05) is 0 Å². The van der Waals surface area contributed by atoms with E-state index in [1.54, 1.807) is 4.68 Å². The van der Waals surface area contributed by atoms with Crippen molar-refractivity contribution in [2.45, 2.75) is 51.9 Å². The quantitative estimate of drug-likeness (QED) is 0.837. The topological polar surface area (TPSA) is 29.9 Å². The van der Waals surface area contributed by atoms with Crippen LogP contribution in [0.15, 0.2) is 12.3 Å². The Bertz CT molecular complexity index is 333. The van der Waals surface area contributed by atoms with Crippen LogP contribution in [0.2, 0.25) is 0 Å². The normalized spacial score (nSPS) is 13.7. The molecule has 6 heteroatoms. The van der Waals surface area contributed by atoms with Gasteiger partial charge in [0.15, 0.2) is 0 Å². The summed E-state index contributed by atoms with van der Waals surface area (Å²) < 4.78 is 37.6. The van der Waals surface area contributed by atoms with Gasteiger partial charge in [-0.05, 0) is 26.7 Å². The summed E-state index contributed by atoms with van der Waals surface area (Å²) in [4.78, 5) is 0. The summed E-state index contributed by atoms with van der Waals surface area (Å²) >= 11 is 0. The zero-order valence-corrected chi connectivity index (χ0v) is 10.1. The van der Waals surface area contributed by atoms with Gasteiger partial charge in [0.2, 0.25) is 0 Å². The molecule has 0 aliphatic rings. The predicted octanol–water partition coefficient (Wildman–Crippen LogP) is 3.44. The van der Waals surface area contributed by atoms with Gasteiger partial charge in [-0.25, -0.2) is 0 Å². The molecule has 0 spiro atoms. The lowest BCUT2D eigenvalue weighted by molar-refractivity contribution is -0.135. The van der Waals surface area contributed by atoms with Crippen molar-refractivity contribution < 1.29 is 13.2 Å². The first-order chi connectivity index (χ1) is 7.90. The molecule has 1 heterocycles. The fourth-order valence-corrected chi connectivity index (χ4v) is 1.55. The largest absolute Gasteiger partial charge is 0.389 e. The highest BCUT2D eigenvalue weighted by Crippen LogP contribution is 2.23. The molecule has 3 nitrogen and oxygen atoms in total. The van der Waals surface area contributed by atoms with Gasteiger partial charge in [0.05, 0.1) is 0 Å². The van der Waals surface area contributed by atoms with Gasteiger partial charge in [-0.15, -0.1) is 0 Å². The van der Waals surface area contributed by atoms with Crippen LogP contribution in [0.5, 0.6) is 0 Å². The Kier molecular flexibility index (Phi) is 4.84. The molecule has 1 atom stereocenters. The first-order valence-corrected chi connectivity index (χ1v) is 5.77. The van der Waals surface area contributed by atoms with Gasteiger partial charge in [-0.3, -0.25) is 4.68 Å². The summed E-state index contributed by atoms with van der Waals surface area (Å²) in [5.41, 5.74) is 0. The predicted molar refractivity (Wildman–Crippen MR) is 60.9 cm³/mol. The Morgan fingerprint density at radius 2 is 2.18 bits per heavy atom. The molecule has 1 rings (SSSR count). The number of hydrogen-bond donors (Lipinski definition) is 1. The summed E-state index contributed by atoms with van der Waals surface area (Å²) in [5.74, 6) is 0.714. The van der Waals surface area contributed by atoms with Gasteiger partial charge < -0.3 is 5.32 Å². The molecule has 0 bridgehead atoms. The van der Waals surface area contributed by atoms with E-state index in [4.69, 9.17) is 0 Å². The Morgan fingerprint density at radius 1 is 1.47 bits per heavy atom. The van der Waals surface area contributed by atoms with Crippen LogP contribution in [0, 0.1) is 0 Å². The van der Waals surface area contributed by atoms with Crippen LogP contribution in [0.3, 0.4) is 0 Å². The van der Waals surface area contributed by atoms with Crippen LogP contribution in [-0.4, -0.2) is 22.0 Å². The van der Waals surface area contributed by atoms with Crippen LogP contribution in [0.4, 0.5) is 19.0 Å². The summed E-state index contributed by atoms with van der Waals surface area (Å²) in [6, 6.07) is 1.82. The van der Waals surface area contributed by atoms with E-state index in [1.165, 1.54) is 0 Å². The third kappa shape index (κ3) is 5.60. The Morgan fingerprint density at radius 3 is 2.71 bits per heavy atom. The lowest BCUT2D eigenvalue weighted by Gasteiger charge is -2.13. The number of hydrogen-bond acceptors (Lipinski definition) is 2. The summed E-state index contributed by atoms with van der Waals surface area (Å²) in [5, 5.41) is 7.29. The Balaban J connectivity index is 2.27. The number of nitrogens with one attached hydrogen (secondary N) is 1. The molecule has 0 amide bonds. The molecule has 0 aliphatic carbocycles. The average molecular weight is 249 g/mol. The number of alkyl halides is 3. The molecule has 0 saturated carbocycles. The summed E-state index contributed by atoms with van der Waals surface area (Å²) in [7, 11) is 0. The maximum atomic E-state index is 11.9. The molecule has 0 aromatic carbocycles. The highest BCUT2D eigenvalue weighted by molar-refractivity contribution is 5.33. The van der Waals surface area contributed by atoms with Crippen molar-refractivity contribution in [1.82, 2.24) is 9.78 Å². The summed E-state index contributed by atoms with van der Waals surface area (Å²) in [6.07, 6.45) is -2.30. The van der Waals surface area contributed by atoms with Crippen molar-refractivity contribution >= 4 is 5.82 Å². The molecule has 0 fully saturated rings. The Hall–Kier alpha value is -1.20. The first-order valence-electron chi connectivity index (χ1n) is 5.77. The number of halogens is 3. The number of anilines is 1. The monoisotopic (exact) mass is 249 g/mol. The van der Waals surface area contributed by atoms with E-state index in [1.807, 2.05) is 26.1 Å². The molecular weight excluding hydrogens is 231 g/mol. The minimum absolute atomic E-state index is 0.00226. The standard InChI is InChI=1S/C11H18F3N3/c1-3-17-8-6-10(16-17)15-9(2)5-4-7-11(12,13)14/h6,8-9H,3-5,7H2,1-2H3,(H,15,16). The smallest absolute Gasteiger partial charge is 0.366 e. The molecule has 1 unspecified atom stereocenters. The second-order valence-corrected chi connectivity index (χ2v) is 4.11. The van der Waals surface area contributed by atoms with Crippen LogP contribution in [0.1, 0.15) is 33.1 Å². The second-order valence-electron chi connectivity index (χ2n) is 4.11. The van der Waals surface area contributed by atoms with Crippen molar-refractivity contribution in [2.75, 3.05) is 5.32 Å². The van der Waals surface area contributed by atoms with Gasteiger partial charge in [0.25, 0.3) is 0 Å². The summed E-state index contributed by atoms with van der Waals surface area (Å²) in [6.45, 7) is 4.62. The Labute approximate surface area is 99.0 Å². The number of nitrogens with zero attached hydrogens (tertiary/aromatic N) is 2. The van der Waals surface area contributed by atoms with Crippen LogP contribution < -0.4 is 5.32 Å². The van der Waals surface area contributed by atoms with Crippen LogP contribution in [0.25, 0.3) is 0 Å². The zero-order valence-electron chi connectivity index (χ0n) is 10.1. The highest BCUT2D eigenvalue weighted by atomic mass is 19.4. The molecule has 0 aliphatic heterocycles. The SMILES string of the molecule is CCn1ccc(NC(C)CCCC(F)(F)F)n1. The zero-order chi connectivity index (χ0) is 12.9. The van der Waals surface area contributed by atoms with Crippen molar-refractivity contribution in [3.63, 3.8) is 0 Å². The van der Waals surface area contributed by atoms with Crippen molar-refractivity contribution in [3.05, 3.63) is 12.3 Å². The fourth-order valence-electron chi connectivity index (χ4n) is 1.55. The minimum Gasteiger partial charge on any atom is -0.366 e. The maximum Gasteiger partial charge on any atom is 0.389 e. The maximum absolute atomic E-state index is 11.9. The van der Waals surface area contributed by atoms with E-state index in [-0.39, 0.29) is 12.5 Å². The van der Waals surface area contributed by atoms with Gasteiger partial charge in [-0.2, -0.15) is 18.3 Å². The molecule has 1 N–H and O–H groups in total. The van der Waals surface area contributed by atoms with Gasteiger partial charge >= 0.3 is 6.18 Å². The number of aryl methyl sites for hydroxylation is 1. The average Bonchev–Trinajstić information content (AvgIpc) is 2.63. The van der Waals surface area contributed by atoms with Crippen molar-refractivity contribution in [3.8, 4) is 0 Å². The lowest BCUT2D eigenvalue weighted by atomic mass is 10.1. The highest BCUT2D eigenvalue weighted by Gasteiger charge is 2.26. The van der Waals surface area contributed by atoms with Crippen LogP contribution >= 0.6 is 0 Å². The molecule has 1 aromatic rings. The first kappa shape index (κ1) is 13.9. The third-order valence-corrected chi connectivity index (χ3v) is 2.46. The number of rotatable bonds is 6. The molecule has 98 valence electrons. The molecular formula is C11H18F3N3. The minimum atomic E-state index is -4.05. The van der Waals surface area contributed by atoms with Gasteiger partial charge in [0.1, 0.15) is 5.82 Å². The van der Waals surface area contributed by atoms with E-state index >= 15 is 0 Å². The van der Waals surface area contributed by atoms with E-state index in [0.29, 0.717) is 12.2 Å². The third-order valence-electron chi connectivity index (χ3n) is 2.46. The van der Waals surface area contributed by atoms with E-state index in [0.717, 1.165) is 6.54 Å². The molecule has 0 saturated heterocycles.